The van der Waals surface area contributed by atoms with Crippen LogP contribution in [0.2, 0.25) is 0 Å². The predicted molar refractivity (Wildman–Crippen MR) is 117 cm³/mol. The quantitative estimate of drug-likeness (QED) is 0.609. The average Bonchev–Trinajstić information content (AvgIpc) is 3.25. The maximum atomic E-state index is 6.12. The van der Waals surface area contributed by atoms with E-state index < -0.39 is 0 Å². The van der Waals surface area contributed by atoms with E-state index in [1.807, 2.05) is 17.5 Å². The minimum absolute atomic E-state index is 0. The lowest BCUT2D eigenvalue weighted by molar-refractivity contribution is 0.251. The van der Waals surface area contributed by atoms with E-state index in [9.17, 15) is 0 Å². The number of hydrogen-bond donors (Lipinski definition) is 1. The summed E-state index contributed by atoms with van der Waals surface area (Å²) in [6.07, 6.45) is 3.65. The van der Waals surface area contributed by atoms with Crippen LogP contribution in [-0.4, -0.2) is 43.5 Å². The van der Waals surface area contributed by atoms with Gasteiger partial charge in [0, 0.05) is 18.3 Å². The van der Waals surface area contributed by atoms with Crippen molar-refractivity contribution in [1.29, 1.82) is 0 Å². The highest BCUT2D eigenvalue weighted by Crippen LogP contribution is 2.35. The van der Waals surface area contributed by atoms with Gasteiger partial charge in [0.2, 0.25) is 0 Å². The third kappa shape index (κ3) is 4.34. The largest absolute Gasteiger partial charge is 0.383 e. The summed E-state index contributed by atoms with van der Waals surface area (Å²) in [7, 11) is 2.22. The molecule has 2 N–H and O–H groups in total. The molecule has 0 atom stereocenters. The number of nitrogens with two attached hydrogens (primary N) is 1. The van der Waals surface area contributed by atoms with E-state index in [0.29, 0.717) is 11.9 Å². The molecule has 2 aliphatic rings. The van der Waals surface area contributed by atoms with Crippen LogP contribution in [0.5, 0.6) is 0 Å². The minimum Gasteiger partial charge on any atom is -0.383 e. The first-order valence-electron chi connectivity index (χ1n) is 8.67. The van der Waals surface area contributed by atoms with Gasteiger partial charge < -0.3 is 15.5 Å². The Labute approximate surface area is 171 Å². The summed E-state index contributed by atoms with van der Waals surface area (Å²) in [5.74, 6) is 0.607. The van der Waals surface area contributed by atoms with Crippen LogP contribution >= 0.6 is 36.2 Å². The van der Waals surface area contributed by atoms with Gasteiger partial charge in [-0.05, 0) is 74.6 Å². The second kappa shape index (κ2) is 9.09. The number of hydrogen-bond acceptors (Lipinski definition) is 4. The van der Waals surface area contributed by atoms with Gasteiger partial charge in [-0.3, -0.25) is 0 Å². The Morgan fingerprint density at radius 3 is 2.62 bits per heavy atom. The van der Waals surface area contributed by atoms with Crippen molar-refractivity contribution in [3.63, 3.8) is 0 Å². The number of anilines is 1. The van der Waals surface area contributed by atoms with Crippen LogP contribution in [0, 0.1) is 0 Å². The Kier molecular flexibility index (Phi) is 7.35. The van der Waals surface area contributed by atoms with E-state index in [2.05, 4.69) is 40.0 Å². The molecule has 0 amide bonds. The highest BCUT2D eigenvalue weighted by molar-refractivity contribution is 7.12. The SMILES string of the molecule is CN1CCC(N2CCc3cc(N=C(N)c4cccs4)ccc32)CC1.Cl.Cl. The number of nitrogens with zero attached hydrogens (tertiary/aromatic N) is 3. The third-order valence-electron chi connectivity index (χ3n) is 5.15. The van der Waals surface area contributed by atoms with Crippen LogP contribution < -0.4 is 10.6 Å². The number of aliphatic imine (C=N–C) groups is 1. The lowest BCUT2D eigenvalue weighted by atomic mass is 10.0. The molecule has 142 valence electrons. The summed E-state index contributed by atoms with van der Waals surface area (Å²) in [4.78, 5) is 10.7. The lowest BCUT2D eigenvalue weighted by Crippen LogP contribution is -2.43. The molecule has 0 unspecified atom stereocenters. The molecule has 0 radical (unpaired) electrons. The monoisotopic (exact) mass is 412 g/mol. The number of likely N-dealkylation sites (tertiary alicyclic amines) is 1. The van der Waals surface area contributed by atoms with Crippen molar-refractivity contribution in [2.45, 2.75) is 25.3 Å². The number of fused-ring (bicyclic) bond motifs is 1. The molecule has 1 fully saturated rings. The van der Waals surface area contributed by atoms with Crippen molar-refractivity contribution in [1.82, 2.24) is 4.90 Å². The molecule has 26 heavy (non-hydrogen) atoms. The van der Waals surface area contributed by atoms with Gasteiger partial charge in [-0.25, -0.2) is 4.99 Å². The predicted octanol–water partition coefficient (Wildman–Crippen LogP) is 4.09. The Hall–Kier alpha value is -1.27. The first kappa shape index (κ1) is 21.0. The van der Waals surface area contributed by atoms with Gasteiger partial charge in [-0.1, -0.05) is 6.07 Å². The van der Waals surface area contributed by atoms with E-state index in [1.165, 1.54) is 37.2 Å². The lowest BCUT2D eigenvalue weighted by Gasteiger charge is -2.36. The fourth-order valence-corrected chi connectivity index (χ4v) is 4.41. The van der Waals surface area contributed by atoms with E-state index >= 15 is 0 Å². The third-order valence-corrected chi connectivity index (χ3v) is 6.04. The Balaban J connectivity index is 0.00000121. The number of halogens is 2. The number of piperidine rings is 1. The first-order chi connectivity index (χ1) is 11.7. The Morgan fingerprint density at radius 1 is 1.15 bits per heavy atom. The minimum atomic E-state index is 0. The standard InChI is InChI=1S/C19H24N4S.2ClH/c1-22-9-7-16(8-10-22)23-11-6-14-13-15(4-5-17(14)23)21-19(20)18-3-2-12-24-18;;/h2-5,12-13,16H,6-11H2,1H3,(H2,20,21);2*1H. The van der Waals surface area contributed by atoms with Crippen molar-refractivity contribution in [3.05, 3.63) is 46.2 Å². The summed E-state index contributed by atoms with van der Waals surface area (Å²) < 4.78 is 0. The van der Waals surface area contributed by atoms with Crippen LogP contribution in [-0.2, 0) is 6.42 Å². The van der Waals surface area contributed by atoms with E-state index in [0.717, 1.165) is 23.5 Å². The zero-order valence-electron chi connectivity index (χ0n) is 14.9. The van der Waals surface area contributed by atoms with Gasteiger partial charge in [-0.2, -0.15) is 0 Å². The second-order valence-electron chi connectivity index (χ2n) is 6.77. The zero-order valence-corrected chi connectivity index (χ0v) is 17.4. The molecule has 2 aliphatic heterocycles. The van der Waals surface area contributed by atoms with Gasteiger partial charge >= 0.3 is 0 Å². The summed E-state index contributed by atoms with van der Waals surface area (Å²) in [6, 6.07) is 11.3. The molecule has 0 spiro atoms. The molecule has 0 bridgehead atoms. The van der Waals surface area contributed by atoms with E-state index in [1.54, 1.807) is 11.3 Å². The van der Waals surface area contributed by atoms with Crippen LogP contribution in [0.4, 0.5) is 11.4 Å². The highest BCUT2D eigenvalue weighted by atomic mass is 35.5. The van der Waals surface area contributed by atoms with Crippen LogP contribution in [0.1, 0.15) is 23.3 Å². The second-order valence-corrected chi connectivity index (χ2v) is 7.71. The molecular weight excluding hydrogens is 387 g/mol. The normalized spacial score (nSPS) is 18.2. The molecular formula is C19H26Cl2N4S. The van der Waals surface area contributed by atoms with Gasteiger partial charge in [0.05, 0.1) is 10.6 Å². The van der Waals surface area contributed by atoms with E-state index in [-0.39, 0.29) is 24.8 Å². The van der Waals surface area contributed by atoms with E-state index in [4.69, 9.17) is 5.73 Å². The van der Waals surface area contributed by atoms with Gasteiger partial charge in [0.1, 0.15) is 5.84 Å². The first-order valence-corrected chi connectivity index (χ1v) is 9.55. The van der Waals surface area contributed by atoms with Gasteiger partial charge in [0.15, 0.2) is 0 Å². The summed E-state index contributed by atoms with van der Waals surface area (Å²) in [5.41, 5.74) is 9.89. The molecule has 3 heterocycles. The number of thiophene rings is 1. The van der Waals surface area contributed by atoms with Crippen molar-refractivity contribution in [2.24, 2.45) is 10.7 Å². The fourth-order valence-electron chi connectivity index (χ4n) is 3.79. The molecule has 4 nitrogen and oxygen atoms in total. The fraction of sp³-hybridized carbons (Fsp3) is 0.421. The van der Waals surface area contributed by atoms with Crippen LogP contribution in [0.3, 0.4) is 0 Å². The van der Waals surface area contributed by atoms with Crippen LogP contribution in [0.15, 0.2) is 40.7 Å². The molecule has 2 aromatic rings. The van der Waals surface area contributed by atoms with Crippen molar-refractivity contribution in [2.75, 3.05) is 31.6 Å². The molecule has 1 aromatic heterocycles. The summed E-state index contributed by atoms with van der Waals surface area (Å²) in [6.45, 7) is 3.55. The number of rotatable bonds is 3. The average molecular weight is 413 g/mol. The molecule has 1 saturated heterocycles. The molecule has 7 heteroatoms. The van der Waals surface area contributed by atoms with Crippen molar-refractivity contribution >= 4 is 53.4 Å². The molecule has 0 aliphatic carbocycles. The van der Waals surface area contributed by atoms with Gasteiger partial charge in [0.25, 0.3) is 0 Å². The summed E-state index contributed by atoms with van der Waals surface area (Å²) in [5, 5.41) is 2.03. The summed E-state index contributed by atoms with van der Waals surface area (Å²) >= 11 is 1.63. The maximum absolute atomic E-state index is 6.12. The molecule has 1 aromatic carbocycles. The van der Waals surface area contributed by atoms with Crippen molar-refractivity contribution in [3.8, 4) is 0 Å². The molecule has 0 saturated carbocycles. The smallest absolute Gasteiger partial charge is 0.141 e. The highest BCUT2D eigenvalue weighted by Gasteiger charge is 2.28. The Morgan fingerprint density at radius 2 is 1.92 bits per heavy atom. The zero-order chi connectivity index (χ0) is 16.5. The molecule has 4 rings (SSSR count). The topological polar surface area (TPSA) is 44.9 Å². The maximum Gasteiger partial charge on any atom is 0.141 e. The van der Waals surface area contributed by atoms with Gasteiger partial charge in [-0.15, -0.1) is 36.2 Å². The number of benzene rings is 1. The Bertz CT molecular complexity index is 740. The number of amidine groups is 1. The van der Waals surface area contributed by atoms with Crippen molar-refractivity contribution < 1.29 is 0 Å². The van der Waals surface area contributed by atoms with Crippen LogP contribution in [0.25, 0.3) is 0 Å².